The van der Waals surface area contributed by atoms with E-state index in [1.807, 2.05) is 0 Å². The summed E-state index contributed by atoms with van der Waals surface area (Å²) < 4.78 is 10.1. The van der Waals surface area contributed by atoms with Crippen LogP contribution in [0.3, 0.4) is 0 Å². The summed E-state index contributed by atoms with van der Waals surface area (Å²) in [6, 6.07) is 16.9. The summed E-state index contributed by atoms with van der Waals surface area (Å²) in [5, 5.41) is 0. The van der Waals surface area contributed by atoms with Gasteiger partial charge in [-0.3, -0.25) is 0 Å². The Balaban J connectivity index is 0.00000242. The third kappa shape index (κ3) is 5.80. The third-order valence-corrected chi connectivity index (χ3v) is 3.77. The van der Waals surface area contributed by atoms with Crippen molar-refractivity contribution >= 4 is 0 Å². The molecule has 2 aromatic carbocycles. The van der Waals surface area contributed by atoms with Crippen molar-refractivity contribution in [3.05, 3.63) is 84.0 Å². The van der Waals surface area contributed by atoms with E-state index in [2.05, 4.69) is 62.4 Å². The van der Waals surface area contributed by atoms with Crippen LogP contribution in [0, 0.1) is 13.2 Å². The summed E-state index contributed by atoms with van der Waals surface area (Å²) in [5.41, 5.74) is 4.65. The van der Waals surface area contributed by atoms with E-state index in [0.29, 0.717) is 0 Å². The summed E-state index contributed by atoms with van der Waals surface area (Å²) in [4.78, 5) is 0. The second kappa shape index (κ2) is 10.4. The van der Waals surface area contributed by atoms with Gasteiger partial charge in [-0.05, 0) is 0 Å². The fraction of sp³-hybridized carbons (Fsp3) is 0.263. The normalized spacial score (nSPS) is 10.3. The Hall–Kier alpha value is -0.523. The van der Waals surface area contributed by atoms with E-state index in [1.165, 1.54) is 11.1 Å². The summed E-state index contributed by atoms with van der Waals surface area (Å²) in [6.07, 6.45) is 0. The Morgan fingerprint density at radius 2 is 0.957 bits per heavy atom. The molecule has 2 aromatic rings. The second-order valence-electron chi connectivity index (χ2n) is 5.58. The monoisotopic (exact) mass is 650 g/mol. The van der Waals surface area contributed by atoms with Crippen molar-refractivity contribution in [2.45, 2.75) is 19.3 Å². The first-order valence-corrected chi connectivity index (χ1v) is 7.01. The van der Waals surface area contributed by atoms with Gasteiger partial charge < -0.3 is 9.47 Å². The summed E-state index contributed by atoms with van der Waals surface area (Å²) >= 11 is 0. The average molecular weight is 650 g/mol. The largest absolute Gasteiger partial charge is 0.417 e. The molecule has 4 heteroatoms. The molecule has 2 rings (SSSR count). The maximum absolute atomic E-state index is 5.03. The molecule has 0 bridgehead atoms. The standard InChI is InChI=1S/C19H22O2.2W/c1-19(2,17-9-5-15(6-10-17)13-20-3)18-11-7-16(8-12-18)14-21-4;;/h5-14H,1-4H3;;/q-2;;. The zero-order valence-electron chi connectivity index (χ0n) is 13.9. The maximum Gasteiger partial charge on any atom is 0.0259 e. The molecule has 0 amide bonds. The summed E-state index contributed by atoms with van der Waals surface area (Å²) in [5.74, 6) is 0. The van der Waals surface area contributed by atoms with E-state index in [-0.39, 0.29) is 47.5 Å². The molecule has 0 heterocycles. The van der Waals surface area contributed by atoms with Crippen molar-refractivity contribution in [3.63, 3.8) is 0 Å². The minimum atomic E-state index is -0.0444. The molecule has 0 radical (unpaired) electrons. The minimum Gasteiger partial charge on any atom is -0.417 e. The molecular formula is C19H22O2W2-2. The van der Waals surface area contributed by atoms with Crippen LogP contribution in [0.5, 0.6) is 0 Å². The summed E-state index contributed by atoms with van der Waals surface area (Å²) in [6.45, 7) is 7.95. The van der Waals surface area contributed by atoms with E-state index in [9.17, 15) is 0 Å². The second-order valence-corrected chi connectivity index (χ2v) is 5.58. The molecule has 0 saturated carbocycles. The zero-order chi connectivity index (χ0) is 15.3. The number of rotatable bonds is 6. The van der Waals surface area contributed by atoms with Crippen molar-refractivity contribution < 1.29 is 51.6 Å². The number of ether oxygens (including phenoxy) is 2. The van der Waals surface area contributed by atoms with Gasteiger partial charge >= 0.3 is 0 Å². The van der Waals surface area contributed by atoms with Gasteiger partial charge in [-0.1, -0.05) is 38.2 Å². The number of hydrogen-bond acceptors (Lipinski definition) is 2. The van der Waals surface area contributed by atoms with Crippen molar-refractivity contribution in [3.8, 4) is 0 Å². The molecule has 124 valence electrons. The van der Waals surface area contributed by atoms with Crippen LogP contribution in [-0.4, -0.2) is 14.2 Å². The first kappa shape index (κ1) is 22.5. The molecule has 0 atom stereocenters. The molecule has 0 unspecified atom stereocenters. The molecule has 0 aromatic heterocycles. The van der Waals surface area contributed by atoms with E-state index < -0.39 is 0 Å². The van der Waals surface area contributed by atoms with Gasteiger partial charge in [0.25, 0.3) is 0 Å². The minimum absolute atomic E-state index is 0. The third-order valence-electron chi connectivity index (χ3n) is 3.77. The van der Waals surface area contributed by atoms with Crippen LogP contribution in [0.4, 0.5) is 0 Å². The summed E-state index contributed by atoms with van der Waals surface area (Å²) in [7, 11) is 3.33. The number of hydrogen-bond donors (Lipinski definition) is 0. The quantitative estimate of drug-likeness (QED) is 0.435. The van der Waals surface area contributed by atoms with Gasteiger partial charge in [-0.2, -0.15) is 35.4 Å². The molecule has 23 heavy (non-hydrogen) atoms. The van der Waals surface area contributed by atoms with Crippen LogP contribution in [0.1, 0.15) is 36.1 Å². The van der Waals surface area contributed by atoms with Crippen molar-refractivity contribution in [2.75, 3.05) is 14.2 Å². The Bertz CT molecular complexity index is 511. The number of benzene rings is 2. The molecule has 0 aliphatic carbocycles. The van der Waals surface area contributed by atoms with Gasteiger partial charge in [-0.25, -0.2) is 0 Å². The van der Waals surface area contributed by atoms with E-state index in [1.54, 1.807) is 27.4 Å². The molecule has 0 fully saturated rings. The van der Waals surface area contributed by atoms with Crippen molar-refractivity contribution in [1.29, 1.82) is 0 Å². The molecular weight excluding hydrogens is 628 g/mol. The average Bonchev–Trinajstić information content (AvgIpc) is 2.49. The molecule has 0 aliphatic rings. The predicted octanol–water partition coefficient (Wildman–Crippen LogP) is 4.32. The van der Waals surface area contributed by atoms with Crippen molar-refractivity contribution in [1.82, 2.24) is 0 Å². The van der Waals surface area contributed by atoms with E-state index >= 15 is 0 Å². The van der Waals surface area contributed by atoms with Gasteiger partial charge in [-0.15, -0.1) is 24.3 Å². The van der Waals surface area contributed by atoms with Crippen LogP contribution in [0.25, 0.3) is 0 Å². The molecule has 0 N–H and O–H groups in total. The Morgan fingerprint density at radius 3 is 1.22 bits per heavy atom. The topological polar surface area (TPSA) is 18.5 Å². The molecule has 0 spiro atoms. The zero-order valence-corrected chi connectivity index (χ0v) is 19.8. The SMILES string of the molecule is CO[CH-]c1ccc(C(C)(C)c2ccc([CH-]OC)cc2)cc1.[W].[W]. The Kier molecular flexibility index (Phi) is 10.1. The Morgan fingerprint density at radius 1 is 0.652 bits per heavy atom. The smallest absolute Gasteiger partial charge is 0.0259 e. The van der Waals surface area contributed by atoms with Gasteiger partial charge in [0.15, 0.2) is 0 Å². The predicted molar refractivity (Wildman–Crippen MR) is 85.8 cm³/mol. The molecule has 2 nitrogen and oxygen atoms in total. The molecule has 0 aliphatic heterocycles. The van der Waals surface area contributed by atoms with Crippen molar-refractivity contribution in [2.24, 2.45) is 0 Å². The van der Waals surface area contributed by atoms with Gasteiger partial charge in [0, 0.05) is 61.8 Å². The Labute approximate surface area is 168 Å². The first-order valence-electron chi connectivity index (χ1n) is 7.01. The van der Waals surface area contributed by atoms with Gasteiger partial charge in [0.05, 0.1) is 0 Å². The van der Waals surface area contributed by atoms with Crippen LogP contribution in [0.15, 0.2) is 48.5 Å². The maximum atomic E-state index is 5.03. The molecule has 0 saturated heterocycles. The van der Waals surface area contributed by atoms with Crippen LogP contribution in [-0.2, 0) is 57.0 Å². The van der Waals surface area contributed by atoms with Crippen LogP contribution in [0.2, 0.25) is 0 Å². The first-order chi connectivity index (χ1) is 10.1. The number of methoxy groups -OCH3 is 2. The van der Waals surface area contributed by atoms with Crippen LogP contribution >= 0.6 is 0 Å². The fourth-order valence-corrected chi connectivity index (χ4v) is 2.40. The van der Waals surface area contributed by atoms with Gasteiger partial charge in [0.2, 0.25) is 0 Å². The fourth-order valence-electron chi connectivity index (χ4n) is 2.40. The van der Waals surface area contributed by atoms with Gasteiger partial charge in [0.1, 0.15) is 0 Å². The van der Waals surface area contributed by atoms with Crippen LogP contribution < -0.4 is 0 Å². The van der Waals surface area contributed by atoms with E-state index in [0.717, 1.165) is 11.1 Å². The van der Waals surface area contributed by atoms with E-state index in [4.69, 9.17) is 9.47 Å².